The summed E-state index contributed by atoms with van der Waals surface area (Å²) < 4.78 is 29.1. The van der Waals surface area contributed by atoms with Gasteiger partial charge in [-0.3, -0.25) is 4.79 Å². The van der Waals surface area contributed by atoms with Crippen LogP contribution in [-0.2, 0) is 18.3 Å². The zero-order valence-corrected chi connectivity index (χ0v) is 27.0. The van der Waals surface area contributed by atoms with Crippen LogP contribution in [0.15, 0.2) is 54.7 Å². The number of carboxylic acids is 1. The lowest BCUT2D eigenvalue weighted by Gasteiger charge is -2.37. The second kappa shape index (κ2) is 11.7. The number of fused-ring (bicyclic) bond motifs is 4. The SMILES string of the molecule is Cn1nnc2c(-c3cc(Cl)c(C(=O)N4COc5c(cccc5-c5cc(N6C7CCC6COC7)c(C(=O)O)cc5F)C4)c(Cl)c3)ccnc21. The number of carbonyl (C=O) groups excluding carboxylic acids is 1. The molecule has 2 aromatic heterocycles. The molecule has 0 saturated carbocycles. The fraction of sp³-hybridized carbons (Fsp3) is 0.265. The van der Waals surface area contributed by atoms with Gasteiger partial charge in [0.25, 0.3) is 5.91 Å². The summed E-state index contributed by atoms with van der Waals surface area (Å²) in [5, 5.41) is 18.5. The molecule has 1 amide bonds. The Bertz CT molecular complexity index is 2120. The van der Waals surface area contributed by atoms with Gasteiger partial charge in [0.2, 0.25) is 0 Å². The van der Waals surface area contributed by atoms with Crippen molar-refractivity contribution >= 4 is 51.9 Å². The van der Waals surface area contributed by atoms with Crippen LogP contribution in [0.2, 0.25) is 10.0 Å². The first-order valence-corrected chi connectivity index (χ1v) is 16.1. The second-order valence-electron chi connectivity index (χ2n) is 12.1. The van der Waals surface area contributed by atoms with Gasteiger partial charge < -0.3 is 24.4 Å². The molecular weight excluding hydrogens is 662 g/mol. The maximum Gasteiger partial charge on any atom is 0.337 e. The maximum absolute atomic E-state index is 15.7. The molecule has 11 nitrogen and oxygen atoms in total. The van der Waals surface area contributed by atoms with Crippen LogP contribution in [0, 0.1) is 5.82 Å². The first-order valence-electron chi connectivity index (χ1n) is 15.3. The molecule has 3 aliphatic rings. The fourth-order valence-corrected chi connectivity index (χ4v) is 7.70. The van der Waals surface area contributed by atoms with Gasteiger partial charge in [0.15, 0.2) is 12.4 Å². The molecule has 48 heavy (non-hydrogen) atoms. The smallest absolute Gasteiger partial charge is 0.337 e. The number of hydrogen-bond donors (Lipinski definition) is 1. The molecule has 244 valence electrons. The van der Waals surface area contributed by atoms with Crippen molar-refractivity contribution in [2.24, 2.45) is 7.05 Å². The zero-order valence-electron chi connectivity index (χ0n) is 25.5. The highest BCUT2D eigenvalue weighted by Gasteiger charge is 2.40. The van der Waals surface area contributed by atoms with Crippen LogP contribution in [-0.4, -0.2) is 73.9 Å². The normalized spacial score (nSPS) is 18.6. The monoisotopic (exact) mass is 688 g/mol. The van der Waals surface area contributed by atoms with Gasteiger partial charge in [-0.05, 0) is 48.7 Å². The van der Waals surface area contributed by atoms with Crippen LogP contribution in [0.5, 0.6) is 5.75 Å². The quantitative estimate of drug-likeness (QED) is 0.230. The molecule has 2 fully saturated rings. The number of carboxylic acid groups (broad SMARTS) is 1. The van der Waals surface area contributed by atoms with Gasteiger partial charge in [0.05, 0.1) is 58.7 Å². The number of rotatable bonds is 5. The Hall–Kier alpha value is -4.78. The van der Waals surface area contributed by atoms with E-state index in [0.29, 0.717) is 58.1 Å². The molecule has 3 aromatic carbocycles. The van der Waals surface area contributed by atoms with Gasteiger partial charge in [0, 0.05) is 35.5 Å². The van der Waals surface area contributed by atoms with E-state index in [-0.39, 0.29) is 52.1 Å². The number of benzene rings is 3. The van der Waals surface area contributed by atoms with Crippen LogP contribution >= 0.6 is 23.2 Å². The van der Waals surface area contributed by atoms with Crippen molar-refractivity contribution in [3.63, 3.8) is 0 Å². The number of carbonyl (C=O) groups is 2. The van der Waals surface area contributed by atoms with Crippen molar-refractivity contribution in [2.45, 2.75) is 31.5 Å². The fourth-order valence-electron chi connectivity index (χ4n) is 7.05. The first kappa shape index (κ1) is 30.5. The minimum Gasteiger partial charge on any atom is -0.478 e. The Labute approximate surface area is 283 Å². The third-order valence-electron chi connectivity index (χ3n) is 9.29. The van der Waals surface area contributed by atoms with Crippen molar-refractivity contribution in [3.8, 4) is 28.0 Å². The van der Waals surface area contributed by atoms with E-state index in [1.807, 2.05) is 0 Å². The van der Waals surface area contributed by atoms with Crippen molar-refractivity contribution in [1.82, 2.24) is 24.9 Å². The minimum absolute atomic E-state index is 0.0195. The summed E-state index contributed by atoms with van der Waals surface area (Å²) in [6.07, 6.45) is 3.38. The highest BCUT2D eigenvalue weighted by molar-refractivity contribution is 6.40. The van der Waals surface area contributed by atoms with Crippen LogP contribution in [0.1, 0.15) is 39.1 Å². The van der Waals surface area contributed by atoms with E-state index in [0.717, 1.165) is 18.9 Å². The van der Waals surface area contributed by atoms with Crippen LogP contribution in [0.25, 0.3) is 33.4 Å². The average Bonchev–Trinajstić information content (AvgIpc) is 3.57. The molecule has 0 aliphatic carbocycles. The number of halogens is 3. The Kier molecular flexibility index (Phi) is 7.46. The molecule has 3 aliphatic heterocycles. The molecule has 8 rings (SSSR count). The molecule has 14 heteroatoms. The van der Waals surface area contributed by atoms with Gasteiger partial charge in [-0.1, -0.05) is 46.6 Å². The van der Waals surface area contributed by atoms with E-state index in [2.05, 4.69) is 20.2 Å². The van der Waals surface area contributed by atoms with Crippen molar-refractivity contribution < 1.29 is 28.6 Å². The summed E-state index contributed by atoms with van der Waals surface area (Å²) >= 11 is 13.4. The number of anilines is 1. The van der Waals surface area contributed by atoms with E-state index < -0.39 is 17.7 Å². The topological polar surface area (TPSA) is 123 Å². The lowest BCUT2D eigenvalue weighted by Crippen LogP contribution is -2.46. The van der Waals surface area contributed by atoms with Gasteiger partial charge >= 0.3 is 5.97 Å². The molecule has 2 bridgehead atoms. The standard InChI is InChI=1S/C34H27Cl2FN6O5/c1-41-32-30(39-40-41)21(7-8-38-32)18-9-25(35)29(26(36)10-18)33(44)42-13-17-3-2-4-22(31(17)48-16-42)23-12-28(24(34(45)46)11-27(23)37)43-19-5-6-20(43)15-47-14-19/h2-4,7-12,19-20H,5-6,13-16H2,1H3,(H,45,46). The summed E-state index contributed by atoms with van der Waals surface area (Å²) in [6.45, 7) is 0.984. The lowest BCUT2D eigenvalue weighted by atomic mass is 9.96. The summed E-state index contributed by atoms with van der Waals surface area (Å²) in [7, 11) is 1.74. The van der Waals surface area contributed by atoms with Crippen LogP contribution in [0.4, 0.5) is 10.1 Å². The third-order valence-corrected chi connectivity index (χ3v) is 9.89. The van der Waals surface area contributed by atoms with E-state index in [9.17, 15) is 14.7 Å². The van der Waals surface area contributed by atoms with Crippen molar-refractivity contribution in [2.75, 3.05) is 24.8 Å². The Morgan fingerprint density at radius 3 is 2.48 bits per heavy atom. The highest BCUT2D eigenvalue weighted by atomic mass is 35.5. The summed E-state index contributed by atoms with van der Waals surface area (Å²) in [6, 6.07) is 13.1. The summed E-state index contributed by atoms with van der Waals surface area (Å²) in [4.78, 5) is 33.9. The van der Waals surface area contributed by atoms with Gasteiger partial charge in [0.1, 0.15) is 17.1 Å². The molecule has 0 radical (unpaired) electrons. The predicted octanol–water partition coefficient (Wildman–Crippen LogP) is 6.20. The van der Waals surface area contributed by atoms with Crippen molar-refractivity contribution in [1.29, 1.82) is 0 Å². The first-order chi connectivity index (χ1) is 23.2. The predicted molar refractivity (Wildman–Crippen MR) is 176 cm³/mol. The minimum atomic E-state index is -1.20. The number of hydrogen-bond acceptors (Lipinski definition) is 8. The number of nitrogens with zero attached hydrogens (tertiary/aromatic N) is 6. The van der Waals surface area contributed by atoms with Crippen LogP contribution in [0.3, 0.4) is 0 Å². The Balaban J connectivity index is 1.11. The number of para-hydroxylation sites is 1. The van der Waals surface area contributed by atoms with E-state index in [1.165, 1.54) is 4.90 Å². The highest BCUT2D eigenvalue weighted by Crippen LogP contribution is 2.43. The van der Waals surface area contributed by atoms with Gasteiger partial charge in [-0.15, -0.1) is 5.10 Å². The van der Waals surface area contributed by atoms with E-state index in [4.69, 9.17) is 32.7 Å². The van der Waals surface area contributed by atoms with Gasteiger partial charge in [-0.25, -0.2) is 18.9 Å². The molecular formula is C34H27Cl2FN6O5. The van der Waals surface area contributed by atoms with Crippen LogP contribution < -0.4 is 9.64 Å². The zero-order chi connectivity index (χ0) is 33.3. The number of morpholine rings is 1. The Morgan fingerprint density at radius 1 is 1.00 bits per heavy atom. The Morgan fingerprint density at radius 2 is 1.75 bits per heavy atom. The number of aromatic nitrogens is 4. The third kappa shape index (κ3) is 4.94. The number of pyridine rings is 1. The molecule has 2 atom stereocenters. The number of aromatic carboxylic acids is 1. The number of amides is 1. The second-order valence-corrected chi connectivity index (χ2v) is 12.9. The number of ether oxygens (including phenoxy) is 2. The molecule has 5 heterocycles. The maximum atomic E-state index is 15.7. The lowest BCUT2D eigenvalue weighted by molar-refractivity contribution is 0.0516. The molecule has 1 N–H and O–H groups in total. The number of aryl methyl sites for hydroxylation is 1. The van der Waals surface area contributed by atoms with E-state index >= 15 is 4.39 Å². The molecule has 5 aromatic rings. The molecule has 2 unspecified atom stereocenters. The summed E-state index contributed by atoms with van der Waals surface area (Å²) in [5.74, 6) is -1.90. The molecule has 2 saturated heterocycles. The largest absolute Gasteiger partial charge is 0.478 e. The molecule has 0 spiro atoms. The summed E-state index contributed by atoms with van der Waals surface area (Å²) in [5.41, 5.74) is 4.33. The van der Waals surface area contributed by atoms with Crippen molar-refractivity contribution in [3.05, 3.63) is 87.3 Å². The average molecular weight is 690 g/mol. The van der Waals surface area contributed by atoms with E-state index in [1.54, 1.807) is 60.4 Å². The van der Waals surface area contributed by atoms with Gasteiger partial charge in [-0.2, -0.15) is 0 Å².